The second-order valence-corrected chi connectivity index (χ2v) is 7.55. The van der Waals surface area contributed by atoms with Gasteiger partial charge in [-0.3, -0.25) is 15.0 Å². The van der Waals surface area contributed by atoms with E-state index in [1.54, 1.807) is 12.1 Å². The average Bonchev–Trinajstić information content (AvgIpc) is 2.85. The number of halogens is 1. The van der Waals surface area contributed by atoms with Crippen LogP contribution in [0.4, 0.5) is 4.79 Å². The summed E-state index contributed by atoms with van der Waals surface area (Å²) in [7, 11) is 0. The van der Waals surface area contributed by atoms with Gasteiger partial charge in [-0.15, -0.1) is 0 Å². The van der Waals surface area contributed by atoms with Gasteiger partial charge in [-0.25, -0.2) is 4.79 Å². The molecule has 2 fully saturated rings. The molecule has 1 aliphatic carbocycles. The van der Waals surface area contributed by atoms with Gasteiger partial charge in [-0.1, -0.05) is 30.9 Å². The van der Waals surface area contributed by atoms with Crippen LogP contribution in [-0.4, -0.2) is 35.0 Å². The summed E-state index contributed by atoms with van der Waals surface area (Å²) in [6.07, 6.45) is 4.71. The largest absolute Gasteiger partial charge is 0.493 e. The Morgan fingerprint density at radius 3 is 2.74 bits per heavy atom. The van der Waals surface area contributed by atoms with Gasteiger partial charge in [-0.2, -0.15) is 5.01 Å². The van der Waals surface area contributed by atoms with E-state index >= 15 is 0 Å². The van der Waals surface area contributed by atoms with Crippen LogP contribution in [0.25, 0.3) is 0 Å². The number of nitrogens with one attached hydrogen (secondary N) is 2. The van der Waals surface area contributed by atoms with Crippen molar-refractivity contribution in [2.45, 2.75) is 57.4 Å². The van der Waals surface area contributed by atoms with Crippen molar-refractivity contribution in [2.75, 3.05) is 6.61 Å². The van der Waals surface area contributed by atoms with Crippen molar-refractivity contribution in [2.24, 2.45) is 0 Å². The molecule has 0 bridgehead atoms. The second-order valence-electron chi connectivity index (χ2n) is 7.11. The Morgan fingerprint density at radius 1 is 1.30 bits per heavy atom. The Bertz CT molecular complexity index is 746. The molecular formula is C19H24ClN3O4. The molecule has 1 heterocycles. The van der Waals surface area contributed by atoms with E-state index in [2.05, 4.69) is 10.7 Å². The molecule has 1 saturated carbocycles. The molecule has 2 aliphatic rings. The minimum Gasteiger partial charge on any atom is -0.493 e. The van der Waals surface area contributed by atoms with Gasteiger partial charge in [0.15, 0.2) is 0 Å². The first-order valence-corrected chi connectivity index (χ1v) is 9.64. The summed E-state index contributed by atoms with van der Waals surface area (Å²) in [6, 6.07) is 4.79. The van der Waals surface area contributed by atoms with E-state index in [9.17, 15) is 14.4 Å². The van der Waals surface area contributed by atoms with E-state index in [-0.39, 0.29) is 18.2 Å². The lowest BCUT2D eigenvalue weighted by Gasteiger charge is -2.30. The van der Waals surface area contributed by atoms with Crippen molar-refractivity contribution in [1.82, 2.24) is 15.8 Å². The highest BCUT2D eigenvalue weighted by molar-refractivity contribution is 6.30. The summed E-state index contributed by atoms with van der Waals surface area (Å²) in [6.45, 7) is 2.24. The number of hydrazine groups is 1. The van der Waals surface area contributed by atoms with Gasteiger partial charge in [-0.05, 0) is 49.9 Å². The van der Waals surface area contributed by atoms with Gasteiger partial charge >= 0.3 is 6.03 Å². The fourth-order valence-corrected chi connectivity index (χ4v) is 3.81. The van der Waals surface area contributed by atoms with E-state index in [4.69, 9.17) is 16.3 Å². The number of nitrogens with zero attached hydrogens (tertiary/aromatic N) is 1. The summed E-state index contributed by atoms with van der Waals surface area (Å²) < 4.78 is 5.65. The molecule has 0 atom stereocenters. The van der Waals surface area contributed by atoms with Crippen LogP contribution < -0.4 is 15.5 Å². The first-order chi connectivity index (χ1) is 12.9. The highest BCUT2D eigenvalue weighted by Gasteiger charge is 2.52. The zero-order chi connectivity index (χ0) is 19.4. The molecule has 1 aliphatic heterocycles. The number of imide groups is 1. The first kappa shape index (κ1) is 19.5. The fourth-order valence-electron chi connectivity index (χ4n) is 3.59. The Morgan fingerprint density at radius 2 is 2.04 bits per heavy atom. The van der Waals surface area contributed by atoms with Gasteiger partial charge in [0.1, 0.15) is 11.3 Å². The van der Waals surface area contributed by atoms with Crippen molar-refractivity contribution in [3.8, 4) is 5.75 Å². The lowest BCUT2D eigenvalue weighted by Crippen LogP contribution is -2.50. The number of urea groups is 1. The van der Waals surface area contributed by atoms with E-state index in [1.165, 1.54) is 0 Å². The van der Waals surface area contributed by atoms with E-state index < -0.39 is 11.6 Å². The fraction of sp³-hybridized carbons (Fsp3) is 0.526. The van der Waals surface area contributed by atoms with Crippen molar-refractivity contribution in [3.63, 3.8) is 0 Å². The molecule has 4 amide bonds. The van der Waals surface area contributed by atoms with Crippen molar-refractivity contribution < 1.29 is 19.1 Å². The molecule has 27 heavy (non-hydrogen) atoms. The maximum atomic E-state index is 12.6. The number of ether oxygens (including phenoxy) is 1. The minimum absolute atomic E-state index is 0.150. The normalized spacial score (nSPS) is 18.5. The van der Waals surface area contributed by atoms with E-state index in [0.717, 1.165) is 29.8 Å². The number of hydrogen-bond acceptors (Lipinski definition) is 4. The number of hydrogen-bond donors (Lipinski definition) is 2. The monoisotopic (exact) mass is 393 g/mol. The predicted molar refractivity (Wildman–Crippen MR) is 100 cm³/mol. The lowest BCUT2D eigenvalue weighted by atomic mass is 9.82. The average molecular weight is 394 g/mol. The molecule has 1 aromatic carbocycles. The standard InChI is InChI=1S/C19H24ClN3O4/c1-13-12-14(20)7-8-15(13)27-11-5-6-16(24)22-23-17(25)19(21-18(23)26)9-3-2-4-10-19/h7-8,12H,2-6,9-11H2,1H3,(H,21,26)(H,22,24). The Balaban J connectivity index is 1.45. The zero-order valence-corrected chi connectivity index (χ0v) is 16.1. The van der Waals surface area contributed by atoms with Crippen molar-refractivity contribution in [3.05, 3.63) is 28.8 Å². The third kappa shape index (κ3) is 4.35. The highest BCUT2D eigenvalue weighted by atomic mass is 35.5. The number of benzene rings is 1. The Kier molecular flexibility index (Phi) is 5.89. The molecule has 0 radical (unpaired) electrons. The molecule has 8 heteroatoms. The summed E-state index contributed by atoms with van der Waals surface area (Å²) >= 11 is 5.91. The number of carbonyl (C=O) groups excluding carboxylic acids is 3. The Labute approximate surface area is 163 Å². The summed E-state index contributed by atoms with van der Waals surface area (Å²) in [4.78, 5) is 36.8. The molecule has 1 spiro atoms. The number of aryl methyl sites for hydroxylation is 1. The van der Waals surface area contributed by atoms with Gasteiger partial charge in [0.05, 0.1) is 6.61 Å². The third-order valence-corrected chi connectivity index (χ3v) is 5.28. The highest BCUT2D eigenvalue weighted by Crippen LogP contribution is 2.33. The van der Waals surface area contributed by atoms with Gasteiger partial charge in [0, 0.05) is 11.4 Å². The van der Waals surface area contributed by atoms with Crippen molar-refractivity contribution in [1.29, 1.82) is 0 Å². The van der Waals surface area contributed by atoms with Crippen LogP contribution in [0.2, 0.25) is 5.02 Å². The molecule has 0 unspecified atom stereocenters. The molecular weight excluding hydrogens is 370 g/mol. The predicted octanol–water partition coefficient (Wildman–Crippen LogP) is 3.09. The topological polar surface area (TPSA) is 87.7 Å². The Hall–Kier alpha value is -2.28. The number of carbonyl (C=O) groups is 3. The maximum absolute atomic E-state index is 12.6. The van der Waals surface area contributed by atoms with E-state index in [1.807, 2.05) is 13.0 Å². The molecule has 146 valence electrons. The molecule has 3 rings (SSSR count). The van der Waals surface area contributed by atoms with Gasteiger partial charge < -0.3 is 10.1 Å². The quantitative estimate of drug-likeness (QED) is 0.574. The van der Waals surface area contributed by atoms with E-state index in [0.29, 0.717) is 36.6 Å². The molecule has 1 aromatic rings. The molecule has 7 nitrogen and oxygen atoms in total. The van der Waals surface area contributed by atoms with Crippen LogP contribution in [0.15, 0.2) is 18.2 Å². The SMILES string of the molecule is Cc1cc(Cl)ccc1OCCCC(=O)NN1C(=O)NC2(CCCCC2)C1=O. The van der Waals surface area contributed by atoms with Crippen LogP contribution in [-0.2, 0) is 9.59 Å². The molecule has 0 aromatic heterocycles. The number of amides is 4. The third-order valence-electron chi connectivity index (χ3n) is 5.05. The van der Waals surface area contributed by atoms with Gasteiger partial charge in [0.2, 0.25) is 5.91 Å². The second kappa shape index (κ2) is 8.17. The summed E-state index contributed by atoms with van der Waals surface area (Å²) in [5.74, 6) is -0.0236. The van der Waals surface area contributed by atoms with Crippen LogP contribution >= 0.6 is 11.6 Å². The maximum Gasteiger partial charge on any atom is 0.344 e. The van der Waals surface area contributed by atoms with Crippen LogP contribution in [0.3, 0.4) is 0 Å². The van der Waals surface area contributed by atoms with Gasteiger partial charge in [0.25, 0.3) is 5.91 Å². The lowest BCUT2D eigenvalue weighted by molar-refractivity contribution is -0.140. The smallest absolute Gasteiger partial charge is 0.344 e. The molecule has 1 saturated heterocycles. The summed E-state index contributed by atoms with van der Waals surface area (Å²) in [5.41, 5.74) is 2.51. The minimum atomic E-state index is -0.835. The van der Waals surface area contributed by atoms with Crippen molar-refractivity contribution >= 4 is 29.4 Å². The molecule has 2 N–H and O–H groups in total. The first-order valence-electron chi connectivity index (χ1n) is 9.26. The van der Waals surface area contributed by atoms with Crippen LogP contribution in [0, 0.1) is 6.92 Å². The van der Waals surface area contributed by atoms with Crippen LogP contribution in [0.1, 0.15) is 50.5 Å². The zero-order valence-electron chi connectivity index (χ0n) is 15.3. The summed E-state index contributed by atoms with van der Waals surface area (Å²) in [5, 5.41) is 4.23. The van der Waals surface area contributed by atoms with Crippen LogP contribution in [0.5, 0.6) is 5.75 Å². The number of rotatable bonds is 6.